The standard InChI is InChI=1S/C16H20ClN3O3S/c17-11-7-13-14(23-9-15(21)19-13)8-12(11)20-16(22)18-5-6-24-10-3-1-2-4-10/h7-8,10H,1-6,9H2,(H,19,21)(H2,18,20,22). The molecule has 0 radical (unpaired) electrons. The summed E-state index contributed by atoms with van der Waals surface area (Å²) in [5, 5.41) is 9.31. The molecule has 1 aromatic carbocycles. The average molecular weight is 370 g/mol. The van der Waals surface area contributed by atoms with Crippen molar-refractivity contribution < 1.29 is 14.3 Å². The van der Waals surface area contributed by atoms with E-state index in [4.69, 9.17) is 16.3 Å². The lowest BCUT2D eigenvalue weighted by Gasteiger charge is -2.19. The Morgan fingerprint density at radius 2 is 2.17 bits per heavy atom. The smallest absolute Gasteiger partial charge is 0.319 e. The van der Waals surface area contributed by atoms with Gasteiger partial charge < -0.3 is 20.7 Å². The summed E-state index contributed by atoms with van der Waals surface area (Å²) in [6.45, 7) is 0.570. The lowest BCUT2D eigenvalue weighted by Crippen LogP contribution is -2.31. The van der Waals surface area contributed by atoms with E-state index >= 15 is 0 Å². The van der Waals surface area contributed by atoms with Crippen LogP contribution in [0, 0.1) is 0 Å². The molecule has 3 rings (SSSR count). The third-order valence-corrected chi connectivity index (χ3v) is 5.69. The van der Waals surface area contributed by atoms with Gasteiger partial charge in [0.15, 0.2) is 6.61 Å². The maximum atomic E-state index is 12.0. The second kappa shape index (κ2) is 7.98. The number of rotatable bonds is 5. The number of amides is 3. The number of urea groups is 1. The summed E-state index contributed by atoms with van der Waals surface area (Å²) >= 11 is 8.07. The Morgan fingerprint density at radius 3 is 2.96 bits per heavy atom. The monoisotopic (exact) mass is 369 g/mol. The lowest BCUT2D eigenvalue weighted by atomic mass is 10.2. The Kier molecular flexibility index (Phi) is 5.73. The predicted molar refractivity (Wildman–Crippen MR) is 97.3 cm³/mol. The molecule has 0 aromatic heterocycles. The number of hydrogen-bond acceptors (Lipinski definition) is 4. The number of fused-ring (bicyclic) bond motifs is 1. The number of nitrogens with one attached hydrogen (secondary N) is 3. The lowest BCUT2D eigenvalue weighted by molar-refractivity contribution is -0.118. The molecule has 0 saturated heterocycles. The highest BCUT2D eigenvalue weighted by Gasteiger charge is 2.19. The first-order valence-electron chi connectivity index (χ1n) is 8.04. The SMILES string of the molecule is O=C1COc2cc(NC(=O)NCCSC3CCCC3)c(Cl)cc2N1. The Labute approximate surface area is 150 Å². The molecule has 1 fully saturated rings. The summed E-state index contributed by atoms with van der Waals surface area (Å²) < 4.78 is 5.32. The first kappa shape index (κ1) is 17.2. The van der Waals surface area contributed by atoms with E-state index < -0.39 is 0 Å². The van der Waals surface area contributed by atoms with Crippen LogP contribution in [0.15, 0.2) is 12.1 Å². The van der Waals surface area contributed by atoms with Crippen LogP contribution < -0.4 is 20.7 Å². The molecule has 1 aliphatic carbocycles. The molecule has 0 atom stereocenters. The van der Waals surface area contributed by atoms with E-state index in [9.17, 15) is 9.59 Å². The largest absolute Gasteiger partial charge is 0.482 e. The number of benzene rings is 1. The second-order valence-electron chi connectivity index (χ2n) is 5.82. The van der Waals surface area contributed by atoms with Crippen LogP contribution in [0.1, 0.15) is 25.7 Å². The number of carbonyl (C=O) groups excluding carboxylic acids is 2. The first-order chi connectivity index (χ1) is 11.6. The van der Waals surface area contributed by atoms with Crippen molar-refractivity contribution in [3.05, 3.63) is 17.2 Å². The van der Waals surface area contributed by atoms with Gasteiger partial charge in [-0.1, -0.05) is 24.4 Å². The Morgan fingerprint density at radius 1 is 1.38 bits per heavy atom. The topological polar surface area (TPSA) is 79.5 Å². The maximum Gasteiger partial charge on any atom is 0.319 e. The molecule has 3 amide bonds. The normalized spacial score (nSPS) is 17.0. The van der Waals surface area contributed by atoms with Gasteiger partial charge in [0.2, 0.25) is 0 Å². The molecule has 2 aliphatic rings. The number of carbonyl (C=O) groups is 2. The predicted octanol–water partition coefficient (Wildman–Crippen LogP) is 3.47. The van der Waals surface area contributed by atoms with E-state index in [1.807, 2.05) is 11.8 Å². The molecular formula is C16H20ClN3O3S. The van der Waals surface area contributed by atoms with Crippen molar-refractivity contribution in [3.63, 3.8) is 0 Å². The highest BCUT2D eigenvalue weighted by Crippen LogP contribution is 2.36. The summed E-state index contributed by atoms with van der Waals surface area (Å²) in [5.74, 6) is 1.17. The molecule has 1 heterocycles. The number of thioether (sulfide) groups is 1. The van der Waals surface area contributed by atoms with Gasteiger partial charge in [0, 0.05) is 23.6 Å². The van der Waals surface area contributed by atoms with E-state index in [1.165, 1.54) is 25.7 Å². The zero-order valence-corrected chi connectivity index (χ0v) is 14.8. The van der Waals surface area contributed by atoms with Crippen LogP contribution in [0.2, 0.25) is 5.02 Å². The Hall–Kier alpha value is -1.60. The van der Waals surface area contributed by atoms with Crippen molar-refractivity contribution in [1.29, 1.82) is 0 Å². The molecule has 0 unspecified atom stereocenters. The van der Waals surface area contributed by atoms with E-state index in [-0.39, 0.29) is 18.5 Å². The summed E-state index contributed by atoms with van der Waals surface area (Å²) in [4.78, 5) is 23.3. The maximum absolute atomic E-state index is 12.0. The third-order valence-electron chi connectivity index (χ3n) is 3.99. The van der Waals surface area contributed by atoms with Crippen molar-refractivity contribution in [2.45, 2.75) is 30.9 Å². The van der Waals surface area contributed by atoms with E-state index in [0.29, 0.717) is 28.7 Å². The number of ether oxygens (including phenoxy) is 1. The van der Waals surface area contributed by atoms with Gasteiger partial charge in [-0.2, -0.15) is 11.8 Å². The molecule has 1 aliphatic heterocycles. The van der Waals surface area contributed by atoms with Crippen molar-refractivity contribution in [2.75, 3.05) is 29.5 Å². The number of hydrogen-bond donors (Lipinski definition) is 3. The van der Waals surface area contributed by atoms with Crippen molar-refractivity contribution in [3.8, 4) is 5.75 Å². The van der Waals surface area contributed by atoms with Gasteiger partial charge in [0.25, 0.3) is 5.91 Å². The molecule has 3 N–H and O–H groups in total. The highest BCUT2D eigenvalue weighted by atomic mass is 35.5. The van der Waals surface area contributed by atoms with Crippen molar-refractivity contribution >= 4 is 46.7 Å². The Bertz CT molecular complexity index is 635. The van der Waals surface area contributed by atoms with E-state index in [0.717, 1.165) is 11.0 Å². The summed E-state index contributed by atoms with van der Waals surface area (Å²) in [6.07, 6.45) is 5.23. The first-order valence-corrected chi connectivity index (χ1v) is 9.47. The molecule has 1 aromatic rings. The van der Waals surface area contributed by atoms with Gasteiger partial charge in [-0.05, 0) is 18.9 Å². The molecule has 1 saturated carbocycles. The van der Waals surface area contributed by atoms with E-state index in [2.05, 4.69) is 16.0 Å². The van der Waals surface area contributed by atoms with Gasteiger partial charge in [0.05, 0.1) is 16.4 Å². The van der Waals surface area contributed by atoms with Gasteiger partial charge in [-0.3, -0.25) is 4.79 Å². The third kappa shape index (κ3) is 4.48. The second-order valence-corrected chi connectivity index (χ2v) is 7.64. The minimum absolute atomic E-state index is 0.0430. The molecule has 8 heteroatoms. The van der Waals surface area contributed by atoms with Crippen LogP contribution in [-0.4, -0.2) is 36.1 Å². The van der Waals surface area contributed by atoms with E-state index in [1.54, 1.807) is 12.1 Å². The molecular weight excluding hydrogens is 350 g/mol. The van der Waals surface area contributed by atoms with Crippen LogP contribution >= 0.6 is 23.4 Å². The molecule has 6 nitrogen and oxygen atoms in total. The molecule has 24 heavy (non-hydrogen) atoms. The highest BCUT2D eigenvalue weighted by molar-refractivity contribution is 7.99. The minimum atomic E-state index is -0.302. The summed E-state index contributed by atoms with van der Waals surface area (Å²) in [7, 11) is 0. The van der Waals surface area contributed by atoms with Crippen LogP contribution in [0.25, 0.3) is 0 Å². The van der Waals surface area contributed by atoms with Crippen LogP contribution in [-0.2, 0) is 4.79 Å². The van der Waals surface area contributed by atoms with Crippen molar-refractivity contribution in [1.82, 2.24) is 5.32 Å². The zero-order chi connectivity index (χ0) is 16.9. The van der Waals surface area contributed by atoms with Gasteiger partial charge in [0.1, 0.15) is 5.75 Å². The summed E-state index contributed by atoms with van der Waals surface area (Å²) in [6, 6.07) is 2.88. The Balaban J connectivity index is 1.48. The zero-order valence-electron chi connectivity index (χ0n) is 13.2. The fraction of sp³-hybridized carbons (Fsp3) is 0.500. The number of anilines is 2. The van der Waals surface area contributed by atoms with Crippen LogP contribution in [0.3, 0.4) is 0 Å². The van der Waals surface area contributed by atoms with Gasteiger partial charge in [-0.15, -0.1) is 0 Å². The van der Waals surface area contributed by atoms with Crippen molar-refractivity contribution in [2.24, 2.45) is 0 Å². The minimum Gasteiger partial charge on any atom is -0.482 e. The summed E-state index contributed by atoms with van der Waals surface area (Å²) in [5.41, 5.74) is 0.961. The average Bonchev–Trinajstić information content (AvgIpc) is 3.06. The van der Waals surface area contributed by atoms with Gasteiger partial charge in [-0.25, -0.2) is 4.79 Å². The molecule has 0 bridgehead atoms. The fourth-order valence-corrected chi connectivity index (χ4v) is 4.24. The molecule has 130 valence electrons. The van der Waals surface area contributed by atoms with Crippen LogP contribution in [0.5, 0.6) is 5.75 Å². The quantitative estimate of drug-likeness (QED) is 0.694. The number of halogens is 1. The van der Waals surface area contributed by atoms with Gasteiger partial charge >= 0.3 is 6.03 Å². The van der Waals surface area contributed by atoms with Crippen LogP contribution in [0.4, 0.5) is 16.2 Å². The fourth-order valence-electron chi connectivity index (χ4n) is 2.81. The molecule has 0 spiro atoms.